The molecule has 2 aromatic heterocycles. The molecule has 3 aliphatic rings. The summed E-state index contributed by atoms with van der Waals surface area (Å²) in [6, 6.07) is 4.52. The molecule has 4 atom stereocenters. The van der Waals surface area contributed by atoms with Crippen molar-refractivity contribution in [2.24, 2.45) is 11.3 Å². The molecule has 0 bridgehead atoms. The third-order valence-electron chi connectivity index (χ3n) is 9.88. The molecular weight excluding hydrogens is 652 g/mol. The minimum Gasteiger partial charge on any atom is -0.495 e. The smallest absolute Gasteiger partial charge is 0.330 e. The number of halogens is 1. The number of carbonyl (C=O) groups excluding carboxylic acids is 2. The van der Waals surface area contributed by atoms with Crippen molar-refractivity contribution in [2.75, 3.05) is 13.7 Å². The highest BCUT2D eigenvalue weighted by atomic mass is 35.5. The molecule has 10 nitrogen and oxygen atoms in total. The lowest BCUT2D eigenvalue weighted by Crippen LogP contribution is -2.54. The third-order valence-corrected chi connectivity index (χ3v) is 11.1. The van der Waals surface area contributed by atoms with Crippen molar-refractivity contribution in [3.8, 4) is 22.2 Å². The van der Waals surface area contributed by atoms with Crippen LogP contribution in [0.25, 0.3) is 21.6 Å². The molecule has 0 radical (unpaired) electrons. The Labute approximate surface area is 289 Å². The van der Waals surface area contributed by atoms with Crippen LogP contribution in [0, 0.1) is 11.3 Å². The van der Waals surface area contributed by atoms with Gasteiger partial charge in [-0.3, -0.25) is 9.59 Å². The van der Waals surface area contributed by atoms with Gasteiger partial charge in [-0.15, -0.1) is 11.3 Å². The summed E-state index contributed by atoms with van der Waals surface area (Å²) < 4.78 is 12.2. The fourth-order valence-electron chi connectivity index (χ4n) is 6.81. The standard InChI is InChI=1S/C36H43ClN4O6S/c1-20(2)25-19-48-32(39-25)24-16-28(23-12-13-27(46-5)29(37)30(23)38-24)47-22-15-26-31(42)40-36(34(44)45)17-21(36)11-9-7-6-8-10-14-35(3,4)33(43)41(26)18-22/h9,11-13,16,19-22,26H,6-8,10,14-15,17-18H2,1-5H3,(H,40,42)(H,44,45)/b11-9+. The van der Waals surface area contributed by atoms with E-state index in [-0.39, 0.29) is 30.7 Å². The SMILES string of the molecule is COc1ccc2c(OC3CC4C(=O)NC5(C(=O)O)CC5/C=C/CCCCCC(C)(C)C(=O)N4C3)cc(-c3nc(C(C)C)cs3)nc2c1Cl. The number of carbonyl (C=O) groups is 3. The first-order chi connectivity index (χ1) is 22.8. The number of hydrogen-bond donors (Lipinski definition) is 2. The van der Waals surface area contributed by atoms with Crippen molar-refractivity contribution < 1.29 is 29.0 Å². The Balaban J connectivity index is 1.36. The van der Waals surface area contributed by atoms with E-state index in [2.05, 4.69) is 19.2 Å². The van der Waals surface area contributed by atoms with Crippen LogP contribution in [0.4, 0.5) is 0 Å². The van der Waals surface area contributed by atoms with Crippen molar-refractivity contribution in [3.05, 3.63) is 46.4 Å². The second-order valence-electron chi connectivity index (χ2n) is 14.2. The first-order valence-electron chi connectivity index (χ1n) is 16.7. The molecule has 4 unspecified atom stereocenters. The molecule has 3 aromatic rings. The van der Waals surface area contributed by atoms with E-state index in [1.807, 2.05) is 43.5 Å². The van der Waals surface area contributed by atoms with Gasteiger partial charge in [0.05, 0.1) is 24.9 Å². The summed E-state index contributed by atoms with van der Waals surface area (Å²) in [5, 5.41) is 16.7. The fraction of sp³-hybridized carbons (Fsp3) is 0.528. The van der Waals surface area contributed by atoms with Crippen LogP contribution in [0.3, 0.4) is 0 Å². The molecule has 256 valence electrons. The first-order valence-corrected chi connectivity index (χ1v) is 17.9. The number of carboxylic acid groups (broad SMARTS) is 1. The number of rotatable bonds is 6. The number of aromatic nitrogens is 2. The molecule has 6 rings (SSSR count). The molecule has 12 heteroatoms. The number of hydrogen-bond acceptors (Lipinski definition) is 8. The summed E-state index contributed by atoms with van der Waals surface area (Å²) in [4.78, 5) is 51.8. The van der Waals surface area contributed by atoms with Gasteiger partial charge in [-0.25, -0.2) is 14.8 Å². The lowest BCUT2D eigenvalue weighted by molar-refractivity contribution is -0.148. The number of fused-ring (bicyclic) bond motifs is 3. The van der Waals surface area contributed by atoms with E-state index in [1.54, 1.807) is 18.1 Å². The predicted octanol–water partition coefficient (Wildman–Crippen LogP) is 7.00. The van der Waals surface area contributed by atoms with Crippen molar-refractivity contribution in [3.63, 3.8) is 0 Å². The highest BCUT2D eigenvalue weighted by Crippen LogP contribution is 2.46. The van der Waals surface area contributed by atoms with Gasteiger partial charge in [-0.2, -0.15) is 0 Å². The van der Waals surface area contributed by atoms with E-state index in [0.29, 0.717) is 51.0 Å². The number of benzene rings is 1. The van der Waals surface area contributed by atoms with Gasteiger partial charge in [-0.1, -0.05) is 64.3 Å². The van der Waals surface area contributed by atoms with Crippen LogP contribution in [0.15, 0.2) is 35.7 Å². The van der Waals surface area contributed by atoms with Gasteiger partial charge < -0.3 is 24.8 Å². The third kappa shape index (κ3) is 6.51. The van der Waals surface area contributed by atoms with Crippen molar-refractivity contribution in [1.82, 2.24) is 20.2 Å². The van der Waals surface area contributed by atoms with Crippen LogP contribution in [-0.4, -0.2) is 69.1 Å². The summed E-state index contributed by atoms with van der Waals surface area (Å²) in [6.45, 7) is 8.17. The second-order valence-corrected chi connectivity index (χ2v) is 15.4. The maximum Gasteiger partial charge on any atom is 0.330 e. The normalized spacial score (nSPS) is 26.6. The number of carboxylic acids is 1. The van der Waals surface area contributed by atoms with E-state index in [9.17, 15) is 19.5 Å². The monoisotopic (exact) mass is 694 g/mol. The highest BCUT2D eigenvalue weighted by Gasteiger charge is 2.61. The summed E-state index contributed by atoms with van der Waals surface area (Å²) >= 11 is 8.26. The average molecular weight is 695 g/mol. The summed E-state index contributed by atoms with van der Waals surface area (Å²) in [5.74, 6) is -0.762. The Bertz CT molecular complexity index is 1770. The van der Waals surface area contributed by atoms with Gasteiger partial charge in [0.2, 0.25) is 11.8 Å². The molecule has 2 fully saturated rings. The molecule has 1 aromatic carbocycles. The van der Waals surface area contributed by atoms with Crippen molar-refractivity contribution >= 4 is 51.6 Å². The molecule has 2 amide bonds. The molecule has 0 spiro atoms. The number of methoxy groups -OCH3 is 1. The van der Waals surface area contributed by atoms with Gasteiger partial charge in [0, 0.05) is 34.6 Å². The van der Waals surface area contributed by atoms with Crippen molar-refractivity contribution in [1.29, 1.82) is 0 Å². The number of amides is 2. The van der Waals surface area contributed by atoms with Gasteiger partial charge in [-0.05, 0) is 43.7 Å². The number of pyridine rings is 1. The number of allylic oxidation sites excluding steroid dienone is 1. The van der Waals surface area contributed by atoms with Crippen LogP contribution in [0.1, 0.15) is 84.3 Å². The largest absolute Gasteiger partial charge is 0.495 e. The highest BCUT2D eigenvalue weighted by molar-refractivity contribution is 7.13. The Hall–Kier alpha value is -3.70. The zero-order valence-electron chi connectivity index (χ0n) is 28.0. The molecule has 2 N–H and O–H groups in total. The Morgan fingerprint density at radius 2 is 1.96 bits per heavy atom. The zero-order chi connectivity index (χ0) is 34.4. The lowest BCUT2D eigenvalue weighted by Gasteiger charge is -2.33. The summed E-state index contributed by atoms with van der Waals surface area (Å²) in [6.07, 6.45) is 8.22. The molecule has 1 saturated carbocycles. The molecule has 2 aliphatic heterocycles. The molecule has 48 heavy (non-hydrogen) atoms. The number of ether oxygens (including phenoxy) is 2. The predicted molar refractivity (Wildman–Crippen MR) is 186 cm³/mol. The zero-order valence-corrected chi connectivity index (χ0v) is 29.6. The van der Waals surface area contributed by atoms with E-state index in [4.69, 9.17) is 31.0 Å². The van der Waals surface area contributed by atoms with Gasteiger partial charge in [0.25, 0.3) is 0 Å². The van der Waals surface area contributed by atoms with E-state index in [0.717, 1.165) is 31.4 Å². The van der Waals surface area contributed by atoms with E-state index < -0.39 is 35.0 Å². The Morgan fingerprint density at radius 3 is 2.67 bits per heavy atom. The molecule has 4 heterocycles. The average Bonchev–Trinajstić information content (AvgIpc) is 3.36. The quantitative estimate of drug-likeness (QED) is 0.264. The van der Waals surface area contributed by atoms with E-state index >= 15 is 0 Å². The molecule has 1 aliphatic carbocycles. The summed E-state index contributed by atoms with van der Waals surface area (Å²) in [7, 11) is 1.54. The number of nitrogens with zero attached hydrogens (tertiary/aromatic N) is 3. The maximum absolute atomic E-state index is 14.2. The van der Waals surface area contributed by atoms with Crippen LogP contribution >= 0.6 is 22.9 Å². The number of nitrogens with one attached hydrogen (secondary N) is 1. The van der Waals surface area contributed by atoms with Crippen LogP contribution in [0.2, 0.25) is 5.02 Å². The van der Waals surface area contributed by atoms with Gasteiger partial charge >= 0.3 is 5.97 Å². The summed E-state index contributed by atoms with van der Waals surface area (Å²) in [5.41, 5.74) is -0.0513. The minimum atomic E-state index is -1.37. The molecular formula is C36H43ClN4O6S. The Morgan fingerprint density at radius 1 is 1.17 bits per heavy atom. The topological polar surface area (TPSA) is 131 Å². The van der Waals surface area contributed by atoms with Crippen LogP contribution in [-0.2, 0) is 14.4 Å². The Kier molecular flexibility index (Phi) is 9.47. The molecule has 1 saturated heterocycles. The fourth-order valence-corrected chi connectivity index (χ4v) is 8.03. The van der Waals surface area contributed by atoms with Crippen molar-refractivity contribution in [2.45, 2.75) is 96.2 Å². The number of thiazole rings is 1. The van der Waals surface area contributed by atoms with Crippen LogP contribution in [0.5, 0.6) is 11.5 Å². The maximum atomic E-state index is 14.2. The lowest BCUT2D eigenvalue weighted by atomic mass is 9.85. The first kappa shape index (κ1) is 34.2. The van der Waals surface area contributed by atoms with Gasteiger partial charge in [0.15, 0.2) is 0 Å². The number of aliphatic carboxylic acids is 1. The van der Waals surface area contributed by atoms with Crippen LogP contribution < -0.4 is 14.8 Å². The minimum absolute atomic E-state index is 0.143. The van der Waals surface area contributed by atoms with E-state index in [1.165, 1.54) is 11.3 Å². The second kappa shape index (κ2) is 13.3. The van der Waals surface area contributed by atoms with Gasteiger partial charge in [0.1, 0.15) is 44.9 Å².